The molecule has 1 aliphatic rings. The number of aromatic carboxylic acids is 1. The molecule has 0 aliphatic carbocycles. The minimum Gasteiger partial charge on any atom is -0.478 e. The Balaban J connectivity index is 1.94. The molecule has 0 radical (unpaired) electrons. The summed E-state index contributed by atoms with van der Waals surface area (Å²) in [6.45, 7) is 2.65. The molecule has 7 heteroatoms. The first-order valence-corrected chi connectivity index (χ1v) is 7.37. The Hall–Kier alpha value is -2.67. The highest BCUT2D eigenvalue weighted by Gasteiger charge is 2.30. The Morgan fingerprint density at radius 3 is 3.04 bits per heavy atom. The lowest BCUT2D eigenvalue weighted by atomic mass is 10.1. The number of carboxylic acid groups (broad SMARTS) is 1. The van der Waals surface area contributed by atoms with Crippen molar-refractivity contribution in [3.05, 3.63) is 53.6 Å². The van der Waals surface area contributed by atoms with E-state index in [4.69, 9.17) is 0 Å². The van der Waals surface area contributed by atoms with Crippen LogP contribution >= 0.6 is 0 Å². The number of halogens is 1. The second-order valence-corrected chi connectivity index (χ2v) is 5.26. The van der Waals surface area contributed by atoms with Crippen molar-refractivity contribution < 1.29 is 14.3 Å². The van der Waals surface area contributed by atoms with Gasteiger partial charge >= 0.3 is 5.97 Å². The minimum atomic E-state index is -1.04. The molecular formula is C16H17FN4O2. The predicted octanol–water partition coefficient (Wildman–Crippen LogP) is 2.76. The third kappa shape index (κ3) is 2.83. The van der Waals surface area contributed by atoms with Gasteiger partial charge in [-0.2, -0.15) is 0 Å². The molecule has 6 nitrogen and oxygen atoms in total. The molecule has 0 amide bonds. The summed E-state index contributed by atoms with van der Waals surface area (Å²) in [5, 5.41) is 14.1. The zero-order chi connectivity index (χ0) is 16.4. The Morgan fingerprint density at radius 2 is 2.30 bits per heavy atom. The van der Waals surface area contributed by atoms with Gasteiger partial charge in [0.2, 0.25) is 0 Å². The van der Waals surface area contributed by atoms with E-state index in [0.717, 1.165) is 12.0 Å². The van der Waals surface area contributed by atoms with Gasteiger partial charge in [-0.1, -0.05) is 19.1 Å². The molecule has 120 valence electrons. The topological polar surface area (TPSA) is 77.5 Å². The Kier molecular flexibility index (Phi) is 4.12. The second kappa shape index (κ2) is 6.21. The van der Waals surface area contributed by atoms with Crippen molar-refractivity contribution in [1.82, 2.24) is 10.4 Å². The number of hydrogen-bond donors (Lipinski definition) is 3. The van der Waals surface area contributed by atoms with Crippen molar-refractivity contribution >= 4 is 17.3 Å². The fourth-order valence-corrected chi connectivity index (χ4v) is 2.70. The van der Waals surface area contributed by atoms with E-state index in [1.54, 1.807) is 11.1 Å². The minimum absolute atomic E-state index is 0.119. The zero-order valence-electron chi connectivity index (χ0n) is 12.6. The van der Waals surface area contributed by atoms with Crippen LogP contribution in [0.25, 0.3) is 0 Å². The van der Waals surface area contributed by atoms with Gasteiger partial charge in [0.15, 0.2) is 0 Å². The van der Waals surface area contributed by atoms with Crippen LogP contribution in [0.5, 0.6) is 0 Å². The number of nitrogens with one attached hydrogen (secondary N) is 2. The van der Waals surface area contributed by atoms with Gasteiger partial charge in [0.05, 0.1) is 23.1 Å². The third-order valence-corrected chi connectivity index (χ3v) is 3.68. The van der Waals surface area contributed by atoms with Gasteiger partial charge in [-0.15, -0.1) is 0 Å². The summed E-state index contributed by atoms with van der Waals surface area (Å²) < 4.78 is 14.2. The van der Waals surface area contributed by atoms with Crippen molar-refractivity contribution in [2.45, 2.75) is 19.5 Å². The van der Waals surface area contributed by atoms with E-state index >= 15 is 0 Å². The van der Waals surface area contributed by atoms with Crippen molar-refractivity contribution in [2.24, 2.45) is 0 Å². The number of carbonyl (C=O) groups is 1. The number of hydrazine groups is 1. The van der Waals surface area contributed by atoms with E-state index in [9.17, 15) is 14.3 Å². The number of pyridine rings is 1. The van der Waals surface area contributed by atoms with Crippen LogP contribution in [0.1, 0.15) is 35.4 Å². The second-order valence-electron chi connectivity index (χ2n) is 5.26. The fourth-order valence-electron chi connectivity index (χ4n) is 2.70. The number of aromatic nitrogens is 1. The van der Waals surface area contributed by atoms with Crippen molar-refractivity contribution in [2.75, 3.05) is 16.9 Å². The number of hydrogen-bond acceptors (Lipinski definition) is 5. The highest BCUT2D eigenvalue weighted by atomic mass is 19.1. The third-order valence-electron chi connectivity index (χ3n) is 3.68. The molecular weight excluding hydrogens is 299 g/mol. The molecule has 1 unspecified atom stereocenters. The Labute approximate surface area is 132 Å². The van der Waals surface area contributed by atoms with Crippen LogP contribution in [0, 0.1) is 5.82 Å². The molecule has 1 aromatic heterocycles. The van der Waals surface area contributed by atoms with E-state index in [1.165, 1.54) is 24.5 Å². The van der Waals surface area contributed by atoms with E-state index < -0.39 is 12.1 Å². The van der Waals surface area contributed by atoms with Crippen LogP contribution in [0.4, 0.5) is 15.8 Å². The van der Waals surface area contributed by atoms with Crippen LogP contribution in [0.2, 0.25) is 0 Å². The smallest absolute Gasteiger partial charge is 0.337 e. The van der Waals surface area contributed by atoms with Gasteiger partial charge in [-0.25, -0.2) is 14.6 Å². The average Bonchev–Trinajstić information content (AvgIpc) is 2.87. The molecule has 0 bridgehead atoms. The van der Waals surface area contributed by atoms with Gasteiger partial charge in [0, 0.05) is 18.3 Å². The maximum Gasteiger partial charge on any atom is 0.337 e. The lowest BCUT2D eigenvalue weighted by molar-refractivity contribution is 0.0697. The van der Waals surface area contributed by atoms with Gasteiger partial charge < -0.3 is 15.4 Å². The molecule has 0 saturated heterocycles. The van der Waals surface area contributed by atoms with E-state index in [0.29, 0.717) is 17.9 Å². The summed E-state index contributed by atoms with van der Waals surface area (Å²) in [6, 6.07) is 6.30. The number of fused-ring (bicyclic) bond motifs is 1. The molecule has 0 saturated carbocycles. The molecule has 23 heavy (non-hydrogen) atoms. The van der Waals surface area contributed by atoms with Crippen LogP contribution in [0.3, 0.4) is 0 Å². The average molecular weight is 316 g/mol. The van der Waals surface area contributed by atoms with Gasteiger partial charge in [0.25, 0.3) is 0 Å². The summed E-state index contributed by atoms with van der Waals surface area (Å²) in [7, 11) is 0. The summed E-state index contributed by atoms with van der Waals surface area (Å²) in [4.78, 5) is 15.3. The highest BCUT2D eigenvalue weighted by Crippen LogP contribution is 2.35. The maximum atomic E-state index is 14.2. The number of rotatable bonds is 5. The number of carboxylic acids is 1. The van der Waals surface area contributed by atoms with Gasteiger partial charge in [-0.3, -0.25) is 4.98 Å². The van der Waals surface area contributed by atoms with E-state index in [2.05, 4.69) is 15.7 Å². The SMILES string of the molecule is CCCN1NC(Nc2cnccc2C(=O)O)c2cccc(F)c21. The molecule has 1 atom stereocenters. The molecule has 1 aliphatic heterocycles. The maximum absolute atomic E-state index is 14.2. The Morgan fingerprint density at radius 1 is 1.48 bits per heavy atom. The number of benzene rings is 1. The molecule has 3 N–H and O–H groups in total. The molecule has 1 aromatic carbocycles. The first kappa shape index (κ1) is 15.2. The van der Waals surface area contributed by atoms with Gasteiger partial charge in [-0.05, 0) is 18.6 Å². The molecule has 3 rings (SSSR count). The van der Waals surface area contributed by atoms with Crippen molar-refractivity contribution in [3.8, 4) is 0 Å². The molecule has 2 heterocycles. The normalized spacial score (nSPS) is 16.3. The summed E-state index contributed by atoms with van der Waals surface area (Å²) >= 11 is 0. The van der Waals surface area contributed by atoms with Crippen LogP contribution < -0.4 is 15.8 Å². The van der Waals surface area contributed by atoms with Gasteiger partial charge in [0.1, 0.15) is 12.0 Å². The molecule has 0 fully saturated rings. The first-order chi connectivity index (χ1) is 11.1. The number of para-hydroxylation sites is 1. The zero-order valence-corrected chi connectivity index (χ0v) is 12.6. The lowest BCUT2D eigenvalue weighted by Gasteiger charge is -2.21. The van der Waals surface area contributed by atoms with Crippen LogP contribution in [-0.4, -0.2) is 22.6 Å². The van der Waals surface area contributed by atoms with Crippen molar-refractivity contribution in [1.29, 1.82) is 0 Å². The van der Waals surface area contributed by atoms with Crippen molar-refractivity contribution in [3.63, 3.8) is 0 Å². The number of anilines is 2. The lowest BCUT2D eigenvalue weighted by Crippen LogP contribution is -2.38. The van der Waals surface area contributed by atoms with E-state index in [-0.39, 0.29) is 11.4 Å². The highest BCUT2D eigenvalue weighted by molar-refractivity contribution is 5.94. The largest absolute Gasteiger partial charge is 0.478 e. The van der Waals surface area contributed by atoms with Crippen LogP contribution in [0.15, 0.2) is 36.7 Å². The number of nitrogens with zero attached hydrogens (tertiary/aromatic N) is 2. The predicted molar refractivity (Wildman–Crippen MR) is 84.7 cm³/mol. The fraction of sp³-hybridized carbons (Fsp3) is 0.250. The summed E-state index contributed by atoms with van der Waals surface area (Å²) in [5.41, 5.74) is 4.90. The molecule has 2 aromatic rings. The van der Waals surface area contributed by atoms with E-state index in [1.807, 2.05) is 13.0 Å². The van der Waals surface area contributed by atoms with Crippen LogP contribution in [-0.2, 0) is 0 Å². The first-order valence-electron chi connectivity index (χ1n) is 7.37. The molecule has 0 spiro atoms. The summed E-state index contributed by atoms with van der Waals surface area (Å²) in [5.74, 6) is -1.35. The summed E-state index contributed by atoms with van der Waals surface area (Å²) in [6.07, 6.45) is 3.30. The standard InChI is InChI=1S/C16H17FN4O2/c1-2-8-21-14-11(4-3-5-12(14)17)15(20-21)19-13-9-18-7-6-10(13)16(22)23/h3-7,9,15,19-20H,2,8H2,1H3,(H,22,23). The monoisotopic (exact) mass is 316 g/mol. The quantitative estimate of drug-likeness (QED) is 0.787. The Bertz CT molecular complexity index is 738.